The van der Waals surface area contributed by atoms with Crippen LogP contribution in [0.5, 0.6) is 5.75 Å². The number of hydrogen-bond acceptors (Lipinski definition) is 6. The number of hydrogen-bond donors (Lipinski definition) is 5. The number of benzene rings is 3. The van der Waals surface area contributed by atoms with Crippen molar-refractivity contribution in [1.29, 1.82) is 0 Å². The van der Waals surface area contributed by atoms with E-state index in [1.54, 1.807) is 72.8 Å². The molecule has 0 heterocycles. The molecule has 3 aromatic rings. The van der Waals surface area contributed by atoms with Gasteiger partial charge in [-0.2, -0.15) is 12.6 Å². The molecule has 0 bridgehead atoms. The van der Waals surface area contributed by atoms with Gasteiger partial charge < -0.3 is 21.3 Å². The number of phenols is 1. The second-order valence-corrected chi connectivity index (χ2v) is 8.10. The van der Waals surface area contributed by atoms with E-state index in [1.165, 1.54) is 12.1 Å². The molecule has 7 nitrogen and oxygen atoms in total. The molecule has 0 radical (unpaired) electrons. The van der Waals surface area contributed by atoms with Gasteiger partial charge in [0.25, 0.3) is 5.91 Å². The molecule has 3 atom stereocenters. The van der Waals surface area contributed by atoms with Crippen LogP contribution in [0.4, 0.5) is 0 Å². The maximum absolute atomic E-state index is 13.5. The van der Waals surface area contributed by atoms with E-state index >= 15 is 0 Å². The van der Waals surface area contributed by atoms with Gasteiger partial charge >= 0.3 is 5.97 Å². The summed E-state index contributed by atoms with van der Waals surface area (Å²) in [5.74, 6) is -2.88. The largest absolute Gasteiger partial charge is 0.508 e. The molecule has 0 aliphatic rings. The number of aromatic hydroxyl groups is 1. The summed E-state index contributed by atoms with van der Waals surface area (Å²) in [6, 6.07) is 21.3. The Bertz CT molecular complexity index is 1120. The van der Waals surface area contributed by atoms with Crippen molar-refractivity contribution in [1.82, 2.24) is 5.32 Å². The molecule has 0 aliphatic heterocycles. The van der Waals surface area contributed by atoms with Gasteiger partial charge in [0.2, 0.25) is 0 Å². The third kappa shape index (κ3) is 5.42. The molecule has 0 saturated heterocycles. The second kappa shape index (κ2) is 10.3. The Balaban J connectivity index is 1.94. The Morgan fingerprint density at radius 2 is 1.45 bits per heavy atom. The lowest BCUT2D eigenvalue weighted by molar-refractivity contribution is -0.144. The first-order chi connectivity index (χ1) is 15.7. The zero-order chi connectivity index (χ0) is 24.0. The summed E-state index contributed by atoms with van der Waals surface area (Å²) < 4.78 is 0. The Kier molecular flexibility index (Phi) is 7.52. The number of thiol groups is 1. The third-order valence-electron chi connectivity index (χ3n) is 5.32. The van der Waals surface area contributed by atoms with Crippen LogP contribution in [-0.2, 0) is 26.3 Å². The van der Waals surface area contributed by atoms with Crippen molar-refractivity contribution >= 4 is 30.3 Å². The van der Waals surface area contributed by atoms with Gasteiger partial charge in [-0.3, -0.25) is 9.59 Å². The van der Waals surface area contributed by atoms with Gasteiger partial charge in [-0.05, 0) is 28.8 Å². The molecular formula is C25H24N2O5S. The van der Waals surface area contributed by atoms with Crippen LogP contribution in [-0.4, -0.2) is 33.9 Å². The predicted molar refractivity (Wildman–Crippen MR) is 127 cm³/mol. The van der Waals surface area contributed by atoms with Gasteiger partial charge in [-0.15, -0.1) is 0 Å². The quantitative estimate of drug-likeness (QED) is 0.245. The van der Waals surface area contributed by atoms with Crippen LogP contribution >= 0.6 is 12.6 Å². The number of carbonyl (C=O) groups excluding carboxylic acids is 2. The minimum atomic E-state index is -2.17. The Morgan fingerprint density at radius 3 is 2.00 bits per heavy atom. The maximum Gasteiger partial charge on any atom is 0.326 e. The van der Waals surface area contributed by atoms with E-state index in [0.717, 1.165) is 0 Å². The molecule has 5 N–H and O–H groups in total. The smallest absolute Gasteiger partial charge is 0.326 e. The molecule has 0 spiro atoms. The number of aliphatic carboxylic acids is 1. The summed E-state index contributed by atoms with van der Waals surface area (Å²) in [7, 11) is 0. The van der Waals surface area contributed by atoms with Gasteiger partial charge in [0.1, 0.15) is 11.8 Å². The molecule has 0 aromatic heterocycles. The number of carbonyl (C=O) groups is 3. The molecule has 8 heteroatoms. The van der Waals surface area contributed by atoms with E-state index in [0.29, 0.717) is 11.1 Å². The topological polar surface area (TPSA) is 130 Å². The lowest BCUT2D eigenvalue weighted by atomic mass is 9.82. The fourth-order valence-electron chi connectivity index (χ4n) is 3.43. The fraction of sp³-hybridized carbons (Fsp3) is 0.160. The van der Waals surface area contributed by atoms with Crippen molar-refractivity contribution in [2.75, 3.05) is 0 Å². The summed E-state index contributed by atoms with van der Waals surface area (Å²) in [5.41, 5.74) is 5.65. The number of amides is 1. The fourth-order valence-corrected chi connectivity index (χ4v) is 3.80. The van der Waals surface area contributed by atoms with E-state index in [9.17, 15) is 24.6 Å². The van der Waals surface area contributed by atoms with Crippen molar-refractivity contribution in [3.63, 3.8) is 0 Å². The standard InChI is InChI=1S/C25H24N2O5S/c26-25(18-9-5-2-6-10-18,22(29)21(33)17-7-3-1-4-8-17)24(32)27-20(23(30)31)15-16-11-13-19(28)14-12-16/h1-14,20-21,28,33H,15,26H2,(H,27,32)(H,30,31)/t20-,21?,25?/m0/s1. The number of phenolic OH excluding ortho intramolecular Hbond substituents is 1. The second-order valence-electron chi connectivity index (χ2n) is 7.59. The molecule has 1 amide bonds. The van der Waals surface area contributed by atoms with Crippen molar-refractivity contribution in [2.24, 2.45) is 5.73 Å². The van der Waals surface area contributed by atoms with E-state index in [-0.39, 0.29) is 17.7 Å². The average molecular weight is 465 g/mol. The van der Waals surface area contributed by atoms with Crippen LogP contribution in [0.1, 0.15) is 21.9 Å². The van der Waals surface area contributed by atoms with E-state index in [2.05, 4.69) is 17.9 Å². The SMILES string of the molecule is NC(C(=O)N[C@@H](Cc1ccc(O)cc1)C(=O)O)(C(=O)C(S)c1ccccc1)c1ccccc1. The van der Waals surface area contributed by atoms with Gasteiger partial charge in [0.05, 0.1) is 5.25 Å². The minimum Gasteiger partial charge on any atom is -0.508 e. The summed E-state index contributed by atoms with van der Waals surface area (Å²) in [6.07, 6.45) is -0.0661. The summed E-state index contributed by atoms with van der Waals surface area (Å²) in [4.78, 5) is 38.8. The molecule has 3 aromatic carbocycles. The predicted octanol–water partition coefficient (Wildman–Crippen LogP) is 2.60. The lowest BCUT2D eigenvalue weighted by Crippen LogP contribution is -2.60. The van der Waals surface area contributed by atoms with Crippen LogP contribution < -0.4 is 11.1 Å². The number of rotatable bonds is 9. The van der Waals surface area contributed by atoms with Crippen LogP contribution in [0, 0.1) is 0 Å². The highest BCUT2D eigenvalue weighted by Crippen LogP contribution is 2.31. The first-order valence-electron chi connectivity index (χ1n) is 10.2. The van der Waals surface area contributed by atoms with Gasteiger partial charge in [0.15, 0.2) is 11.3 Å². The Labute approximate surface area is 196 Å². The highest BCUT2D eigenvalue weighted by molar-refractivity contribution is 7.81. The molecule has 170 valence electrons. The highest BCUT2D eigenvalue weighted by atomic mass is 32.1. The Morgan fingerprint density at radius 1 is 0.909 bits per heavy atom. The van der Waals surface area contributed by atoms with Crippen LogP contribution in [0.15, 0.2) is 84.9 Å². The number of carboxylic acids is 1. The van der Waals surface area contributed by atoms with Crippen LogP contribution in [0.3, 0.4) is 0 Å². The number of nitrogens with one attached hydrogen (secondary N) is 1. The summed E-state index contributed by atoms with van der Waals surface area (Å²) in [5, 5.41) is 20.5. The minimum absolute atomic E-state index is 0.0334. The molecule has 2 unspecified atom stereocenters. The first-order valence-corrected chi connectivity index (χ1v) is 10.7. The number of nitrogens with two attached hydrogens (primary N) is 1. The number of carboxylic acid groups (broad SMARTS) is 1. The normalized spacial score (nSPS) is 14.5. The van der Waals surface area contributed by atoms with E-state index in [1.807, 2.05) is 0 Å². The molecule has 0 saturated carbocycles. The zero-order valence-electron chi connectivity index (χ0n) is 17.6. The third-order valence-corrected chi connectivity index (χ3v) is 5.85. The molecule has 0 aliphatic carbocycles. The monoisotopic (exact) mass is 464 g/mol. The van der Waals surface area contributed by atoms with Gasteiger partial charge in [-0.25, -0.2) is 4.79 Å². The van der Waals surface area contributed by atoms with Crippen LogP contribution in [0.2, 0.25) is 0 Å². The van der Waals surface area contributed by atoms with E-state index in [4.69, 9.17) is 5.73 Å². The number of Topliss-reactive ketones (excluding diaryl/α,β-unsaturated/α-hetero) is 1. The summed E-state index contributed by atoms with van der Waals surface area (Å²) in [6.45, 7) is 0. The highest BCUT2D eigenvalue weighted by Gasteiger charge is 2.47. The Hall–Kier alpha value is -3.62. The summed E-state index contributed by atoms with van der Waals surface area (Å²) >= 11 is 4.42. The van der Waals surface area contributed by atoms with Crippen molar-refractivity contribution in [3.05, 3.63) is 102 Å². The first kappa shape index (κ1) is 24.0. The molecule has 3 rings (SSSR count). The van der Waals surface area contributed by atoms with Crippen molar-refractivity contribution in [3.8, 4) is 5.75 Å². The zero-order valence-corrected chi connectivity index (χ0v) is 18.5. The average Bonchev–Trinajstić information content (AvgIpc) is 2.84. The van der Waals surface area contributed by atoms with Crippen molar-refractivity contribution in [2.45, 2.75) is 23.3 Å². The molecular weight excluding hydrogens is 440 g/mol. The van der Waals surface area contributed by atoms with Crippen molar-refractivity contribution < 1.29 is 24.6 Å². The van der Waals surface area contributed by atoms with Gasteiger partial charge in [0, 0.05) is 6.42 Å². The number of ketones is 1. The lowest BCUT2D eigenvalue weighted by Gasteiger charge is -2.31. The molecule has 0 fully saturated rings. The van der Waals surface area contributed by atoms with Crippen LogP contribution in [0.25, 0.3) is 0 Å². The van der Waals surface area contributed by atoms with Gasteiger partial charge in [-0.1, -0.05) is 72.8 Å². The van der Waals surface area contributed by atoms with E-state index < -0.39 is 34.5 Å². The maximum atomic E-state index is 13.5. The molecule has 33 heavy (non-hydrogen) atoms.